The summed E-state index contributed by atoms with van der Waals surface area (Å²) in [7, 11) is 2.15. The first-order valence-corrected chi connectivity index (χ1v) is 7.42. The predicted octanol–water partition coefficient (Wildman–Crippen LogP) is 3.04. The standard InChI is InChI=1S/C15H29N3O/c1-6-14(7-2)18(5)11-15-8-13(17-19-15)10-16-9-12(3)4/h8,12,14,16H,6-7,9-11H2,1-5H3. The van der Waals surface area contributed by atoms with E-state index in [1.165, 1.54) is 12.8 Å². The normalized spacial score (nSPS) is 12.0. The Bertz CT molecular complexity index is 345. The van der Waals surface area contributed by atoms with Crippen LogP contribution in [-0.4, -0.2) is 29.7 Å². The zero-order chi connectivity index (χ0) is 14.3. The first kappa shape index (κ1) is 16.2. The number of nitrogens with zero attached hydrogens (tertiary/aromatic N) is 2. The minimum atomic E-state index is 0.618. The van der Waals surface area contributed by atoms with Gasteiger partial charge in [0.15, 0.2) is 5.76 Å². The molecular formula is C15H29N3O. The zero-order valence-electron chi connectivity index (χ0n) is 13.1. The second-order valence-corrected chi connectivity index (χ2v) is 5.69. The monoisotopic (exact) mass is 267 g/mol. The molecule has 1 heterocycles. The molecule has 0 aromatic carbocycles. The van der Waals surface area contributed by atoms with Crippen LogP contribution in [0.3, 0.4) is 0 Å². The topological polar surface area (TPSA) is 41.3 Å². The van der Waals surface area contributed by atoms with Gasteiger partial charge in [0.25, 0.3) is 0 Å². The lowest BCUT2D eigenvalue weighted by Gasteiger charge is -2.24. The summed E-state index contributed by atoms with van der Waals surface area (Å²) in [6.45, 7) is 11.5. The predicted molar refractivity (Wildman–Crippen MR) is 78.9 cm³/mol. The van der Waals surface area contributed by atoms with E-state index in [1.54, 1.807) is 0 Å². The van der Waals surface area contributed by atoms with Gasteiger partial charge in [-0.1, -0.05) is 32.9 Å². The van der Waals surface area contributed by atoms with Crippen LogP contribution in [-0.2, 0) is 13.1 Å². The number of hydrogen-bond acceptors (Lipinski definition) is 4. The number of rotatable bonds is 9. The van der Waals surface area contributed by atoms with E-state index in [0.29, 0.717) is 12.0 Å². The molecule has 1 rings (SSSR count). The highest BCUT2D eigenvalue weighted by Crippen LogP contribution is 2.12. The quantitative estimate of drug-likeness (QED) is 0.746. The van der Waals surface area contributed by atoms with Crippen LogP contribution in [0.25, 0.3) is 0 Å². The third-order valence-corrected chi connectivity index (χ3v) is 3.44. The van der Waals surface area contributed by atoms with Gasteiger partial charge < -0.3 is 9.84 Å². The van der Waals surface area contributed by atoms with Gasteiger partial charge in [-0.15, -0.1) is 0 Å². The smallest absolute Gasteiger partial charge is 0.151 e. The van der Waals surface area contributed by atoms with Gasteiger partial charge in [0, 0.05) is 18.7 Å². The minimum absolute atomic E-state index is 0.618. The Balaban J connectivity index is 2.41. The average molecular weight is 267 g/mol. The lowest BCUT2D eigenvalue weighted by Crippen LogP contribution is -2.29. The molecule has 0 spiro atoms. The highest BCUT2D eigenvalue weighted by molar-refractivity contribution is 5.05. The average Bonchev–Trinajstić information content (AvgIpc) is 2.78. The van der Waals surface area contributed by atoms with Crippen LogP contribution in [0.4, 0.5) is 0 Å². The molecule has 0 aliphatic carbocycles. The van der Waals surface area contributed by atoms with Crippen molar-refractivity contribution < 1.29 is 4.52 Å². The van der Waals surface area contributed by atoms with E-state index >= 15 is 0 Å². The summed E-state index contributed by atoms with van der Waals surface area (Å²) in [6, 6.07) is 2.68. The summed E-state index contributed by atoms with van der Waals surface area (Å²) >= 11 is 0. The SMILES string of the molecule is CCC(CC)N(C)Cc1cc(CNCC(C)C)no1. The van der Waals surface area contributed by atoms with E-state index in [1.807, 2.05) is 0 Å². The third kappa shape index (κ3) is 5.74. The summed E-state index contributed by atoms with van der Waals surface area (Å²) in [5, 5.41) is 7.49. The van der Waals surface area contributed by atoms with E-state index in [0.717, 1.165) is 31.1 Å². The Hall–Kier alpha value is -0.870. The van der Waals surface area contributed by atoms with Crippen LogP contribution in [0.5, 0.6) is 0 Å². The van der Waals surface area contributed by atoms with Crippen molar-refractivity contribution in [1.82, 2.24) is 15.4 Å². The molecule has 19 heavy (non-hydrogen) atoms. The lowest BCUT2D eigenvalue weighted by atomic mass is 10.1. The molecule has 4 heteroatoms. The Morgan fingerprint density at radius 3 is 2.58 bits per heavy atom. The van der Waals surface area contributed by atoms with Crippen LogP contribution in [0, 0.1) is 5.92 Å². The fourth-order valence-electron chi connectivity index (χ4n) is 2.29. The van der Waals surface area contributed by atoms with Crippen molar-refractivity contribution in [2.24, 2.45) is 5.92 Å². The van der Waals surface area contributed by atoms with Crippen molar-refractivity contribution >= 4 is 0 Å². The molecule has 0 saturated heterocycles. The first-order valence-electron chi connectivity index (χ1n) is 7.42. The van der Waals surface area contributed by atoms with Gasteiger partial charge in [0.2, 0.25) is 0 Å². The van der Waals surface area contributed by atoms with Crippen molar-refractivity contribution in [1.29, 1.82) is 0 Å². The Morgan fingerprint density at radius 2 is 2.00 bits per heavy atom. The van der Waals surface area contributed by atoms with E-state index < -0.39 is 0 Å². The molecule has 0 saturated carbocycles. The molecule has 0 fully saturated rings. The van der Waals surface area contributed by atoms with Crippen molar-refractivity contribution in [2.45, 2.75) is 59.7 Å². The Morgan fingerprint density at radius 1 is 1.32 bits per heavy atom. The van der Waals surface area contributed by atoms with E-state index in [4.69, 9.17) is 4.52 Å². The second kappa shape index (κ2) is 8.33. The van der Waals surface area contributed by atoms with Crippen LogP contribution in [0.1, 0.15) is 52.0 Å². The van der Waals surface area contributed by atoms with Crippen molar-refractivity contribution in [3.8, 4) is 0 Å². The van der Waals surface area contributed by atoms with Gasteiger partial charge >= 0.3 is 0 Å². The minimum Gasteiger partial charge on any atom is -0.360 e. The fourth-order valence-corrected chi connectivity index (χ4v) is 2.29. The highest BCUT2D eigenvalue weighted by atomic mass is 16.5. The van der Waals surface area contributed by atoms with E-state index in [2.05, 4.69) is 56.2 Å². The van der Waals surface area contributed by atoms with Crippen molar-refractivity contribution in [3.63, 3.8) is 0 Å². The molecule has 4 nitrogen and oxygen atoms in total. The maximum absolute atomic E-state index is 5.40. The summed E-state index contributed by atoms with van der Waals surface area (Å²) in [5.74, 6) is 1.61. The number of nitrogens with one attached hydrogen (secondary N) is 1. The van der Waals surface area contributed by atoms with Crippen LogP contribution >= 0.6 is 0 Å². The van der Waals surface area contributed by atoms with Gasteiger partial charge in [-0.2, -0.15) is 0 Å². The number of aromatic nitrogens is 1. The zero-order valence-corrected chi connectivity index (χ0v) is 13.1. The molecule has 110 valence electrons. The van der Waals surface area contributed by atoms with Crippen molar-refractivity contribution in [2.75, 3.05) is 13.6 Å². The molecule has 0 aliphatic heterocycles. The molecule has 0 unspecified atom stereocenters. The summed E-state index contributed by atoms with van der Waals surface area (Å²) < 4.78 is 5.40. The van der Waals surface area contributed by atoms with Crippen LogP contribution in [0.15, 0.2) is 10.6 Å². The maximum Gasteiger partial charge on any atom is 0.151 e. The molecule has 0 aliphatic rings. The van der Waals surface area contributed by atoms with E-state index in [9.17, 15) is 0 Å². The van der Waals surface area contributed by atoms with Crippen LogP contribution < -0.4 is 5.32 Å². The molecule has 1 aromatic rings. The van der Waals surface area contributed by atoms with Gasteiger partial charge in [-0.25, -0.2) is 0 Å². The molecule has 0 bridgehead atoms. The molecule has 0 atom stereocenters. The van der Waals surface area contributed by atoms with Crippen molar-refractivity contribution in [3.05, 3.63) is 17.5 Å². The second-order valence-electron chi connectivity index (χ2n) is 5.69. The molecule has 0 radical (unpaired) electrons. The van der Waals surface area contributed by atoms with E-state index in [-0.39, 0.29) is 0 Å². The van der Waals surface area contributed by atoms with Gasteiger partial charge in [-0.3, -0.25) is 4.90 Å². The Labute approximate surface area is 117 Å². The van der Waals surface area contributed by atoms with Gasteiger partial charge in [0.05, 0.1) is 12.2 Å². The summed E-state index contributed by atoms with van der Waals surface area (Å²) in [5.41, 5.74) is 0.994. The summed E-state index contributed by atoms with van der Waals surface area (Å²) in [4.78, 5) is 2.34. The molecular weight excluding hydrogens is 238 g/mol. The molecule has 0 amide bonds. The Kier molecular flexibility index (Phi) is 7.10. The molecule has 1 aromatic heterocycles. The number of hydrogen-bond donors (Lipinski definition) is 1. The third-order valence-electron chi connectivity index (χ3n) is 3.44. The molecule has 1 N–H and O–H groups in total. The van der Waals surface area contributed by atoms with Gasteiger partial charge in [0.1, 0.15) is 0 Å². The fraction of sp³-hybridized carbons (Fsp3) is 0.800. The summed E-state index contributed by atoms with van der Waals surface area (Å²) in [6.07, 6.45) is 2.34. The maximum atomic E-state index is 5.40. The highest BCUT2D eigenvalue weighted by Gasteiger charge is 2.13. The lowest BCUT2D eigenvalue weighted by molar-refractivity contribution is 0.197. The van der Waals surface area contributed by atoms with Crippen LogP contribution in [0.2, 0.25) is 0 Å². The largest absolute Gasteiger partial charge is 0.360 e. The first-order chi connectivity index (χ1) is 9.06. The van der Waals surface area contributed by atoms with Gasteiger partial charge in [-0.05, 0) is 32.4 Å².